The molecule has 5 rings (SSSR count). The summed E-state index contributed by atoms with van der Waals surface area (Å²) in [6.07, 6.45) is 8.88. The van der Waals surface area contributed by atoms with Crippen molar-refractivity contribution in [3.05, 3.63) is 29.3 Å². The number of alkyl halides is 1. The summed E-state index contributed by atoms with van der Waals surface area (Å²) in [5.74, 6) is 4.03. The monoisotopic (exact) mass is 348 g/mol. The van der Waals surface area contributed by atoms with Crippen LogP contribution < -0.4 is 4.74 Å². The van der Waals surface area contributed by atoms with Gasteiger partial charge in [0.15, 0.2) is 0 Å². The van der Waals surface area contributed by atoms with E-state index in [0.717, 1.165) is 23.5 Å². The van der Waals surface area contributed by atoms with Crippen molar-refractivity contribution in [3.63, 3.8) is 0 Å². The molecule has 1 atom stereocenters. The van der Waals surface area contributed by atoms with Crippen molar-refractivity contribution in [2.24, 2.45) is 23.2 Å². The zero-order valence-electron chi connectivity index (χ0n) is 13.1. The van der Waals surface area contributed by atoms with Crippen molar-refractivity contribution < 1.29 is 4.74 Å². The van der Waals surface area contributed by atoms with Gasteiger partial charge in [0.05, 0.1) is 7.11 Å². The number of aryl methyl sites for hydroxylation is 1. The van der Waals surface area contributed by atoms with Gasteiger partial charge in [-0.05, 0) is 85.8 Å². The number of hydrogen-bond donors (Lipinski definition) is 0. The number of halogens is 1. The van der Waals surface area contributed by atoms with Gasteiger partial charge in [-0.2, -0.15) is 0 Å². The molecule has 0 N–H and O–H groups in total. The number of hydrogen-bond acceptors (Lipinski definition) is 1. The fraction of sp³-hybridized carbons (Fsp3) is 0.684. The molecule has 0 radical (unpaired) electrons. The van der Waals surface area contributed by atoms with Crippen LogP contribution in [0.3, 0.4) is 0 Å². The van der Waals surface area contributed by atoms with Gasteiger partial charge < -0.3 is 4.74 Å². The van der Waals surface area contributed by atoms with Crippen LogP contribution in [-0.2, 0) is 0 Å². The lowest BCUT2D eigenvalue weighted by Crippen LogP contribution is -2.47. The summed E-state index contributed by atoms with van der Waals surface area (Å²) in [5.41, 5.74) is 3.23. The normalized spacial score (nSPS) is 38.5. The molecule has 0 amide bonds. The third-order valence-electron chi connectivity index (χ3n) is 6.33. The second-order valence-electron chi connectivity index (χ2n) is 7.87. The Bertz CT molecular complexity index is 515. The highest BCUT2D eigenvalue weighted by Crippen LogP contribution is 2.65. The summed E-state index contributed by atoms with van der Waals surface area (Å²) in [5, 5.41) is 0. The van der Waals surface area contributed by atoms with Crippen LogP contribution in [0.1, 0.15) is 54.5 Å². The minimum Gasteiger partial charge on any atom is -0.496 e. The maximum atomic E-state index is 5.41. The maximum Gasteiger partial charge on any atom is 0.121 e. The molecule has 21 heavy (non-hydrogen) atoms. The molecule has 4 aliphatic carbocycles. The number of rotatable bonds is 3. The smallest absolute Gasteiger partial charge is 0.121 e. The summed E-state index contributed by atoms with van der Waals surface area (Å²) >= 11 is 4.11. The van der Waals surface area contributed by atoms with Gasteiger partial charge in [-0.15, -0.1) is 0 Å². The Balaban J connectivity index is 1.65. The lowest BCUT2D eigenvalue weighted by Gasteiger charge is -2.58. The van der Waals surface area contributed by atoms with Crippen molar-refractivity contribution in [1.29, 1.82) is 0 Å². The minimum absolute atomic E-state index is 0.517. The molecule has 114 valence electrons. The van der Waals surface area contributed by atoms with Crippen LogP contribution in [0.5, 0.6) is 5.75 Å². The average Bonchev–Trinajstić information content (AvgIpc) is 2.45. The highest BCUT2D eigenvalue weighted by Gasteiger charge is 2.53. The Morgan fingerprint density at radius 2 is 1.67 bits per heavy atom. The van der Waals surface area contributed by atoms with Crippen LogP contribution in [-0.4, -0.2) is 7.11 Å². The van der Waals surface area contributed by atoms with E-state index in [0.29, 0.717) is 10.2 Å². The molecule has 4 saturated carbocycles. The first kappa shape index (κ1) is 14.1. The summed E-state index contributed by atoms with van der Waals surface area (Å²) < 4.78 is 5.41. The van der Waals surface area contributed by atoms with Gasteiger partial charge in [0, 0.05) is 4.83 Å². The van der Waals surface area contributed by atoms with Crippen LogP contribution in [0.25, 0.3) is 0 Å². The number of methoxy groups -OCH3 is 1. The van der Waals surface area contributed by atoms with E-state index in [1.54, 1.807) is 7.11 Å². The fourth-order valence-electron chi connectivity index (χ4n) is 5.90. The summed E-state index contributed by atoms with van der Waals surface area (Å²) in [6.45, 7) is 2.15. The second kappa shape index (κ2) is 5.01. The molecule has 0 aliphatic heterocycles. The quantitative estimate of drug-likeness (QED) is 0.640. The van der Waals surface area contributed by atoms with E-state index in [4.69, 9.17) is 4.74 Å². The van der Waals surface area contributed by atoms with E-state index in [-0.39, 0.29) is 0 Å². The van der Waals surface area contributed by atoms with Gasteiger partial charge in [0.2, 0.25) is 0 Å². The lowest BCUT2D eigenvalue weighted by atomic mass is 9.48. The zero-order valence-corrected chi connectivity index (χ0v) is 14.7. The van der Waals surface area contributed by atoms with E-state index in [1.807, 2.05) is 0 Å². The molecule has 0 spiro atoms. The van der Waals surface area contributed by atoms with E-state index in [9.17, 15) is 0 Å². The van der Waals surface area contributed by atoms with E-state index < -0.39 is 0 Å². The molecule has 0 saturated heterocycles. The van der Waals surface area contributed by atoms with Crippen LogP contribution in [0.2, 0.25) is 0 Å². The van der Waals surface area contributed by atoms with Crippen molar-refractivity contribution in [2.75, 3.05) is 7.11 Å². The minimum atomic E-state index is 0.517. The van der Waals surface area contributed by atoms with Crippen molar-refractivity contribution in [3.8, 4) is 5.75 Å². The topological polar surface area (TPSA) is 9.23 Å². The van der Waals surface area contributed by atoms with Gasteiger partial charge in [-0.1, -0.05) is 28.1 Å². The standard InChI is InChI=1S/C19H25BrO/c1-12-5-16(3-4-17(12)21-2)18(20)19-9-13-6-14(10-19)8-15(7-13)11-19/h3-5,13-15,18H,6-11H2,1-2H3. The highest BCUT2D eigenvalue weighted by atomic mass is 79.9. The first-order chi connectivity index (χ1) is 10.1. The molecular weight excluding hydrogens is 324 g/mol. The Kier molecular flexibility index (Phi) is 3.37. The second-order valence-corrected chi connectivity index (χ2v) is 8.79. The molecule has 1 aromatic rings. The van der Waals surface area contributed by atoms with Gasteiger partial charge in [0.1, 0.15) is 5.75 Å². The van der Waals surface area contributed by atoms with E-state index >= 15 is 0 Å². The van der Waals surface area contributed by atoms with Crippen molar-refractivity contribution in [2.45, 2.75) is 50.3 Å². The molecule has 1 unspecified atom stereocenters. The predicted molar refractivity (Wildman–Crippen MR) is 90.0 cm³/mol. The number of ether oxygens (including phenoxy) is 1. The third kappa shape index (κ3) is 2.25. The maximum absolute atomic E-state index is 5.41. The summed E-state index contributed by atoms with van der Waals surface area (Å²) in [6, 6.07) is 6.74. The Morgan fingerprint density at radius 3 is 2.14 bits per heavy atom. The zero-order chi connectivity index (χ0) is 14.6. The number of benzene rings is 1. The van der Waals surface area contributed by atoms with Crippen molar-refractivity contribution >= 4 is 15.9 Å². The fourth-order valence-corrected chi connectivity index (χ4v) is 6.75. The molecule has 1 nitrogen and oxygen atoms in total. The van der Waals surface area contributed by atoms with Gasteiger partial charge in [0.25, 0.3) is 0 Å². The van der Waals surface area contributed by atoms with Crippen LogP contribution in [0.15, 0.2) is 18.2 Å². The molecule has 1 aromatic carbocycles. The average molecular weight is 349 g/mol. The largest absolute Gasteiger partial charge is 0.496 e. The summed E-state index contributed by atoms with van der Waals surface area (Å²) in [4.78, 5) is 0.517. The predicted octanol–water partition coefficient (Wildman–Crippen LogP) is 5.66. The van der Waals surface area contributed by atoms with Crippen LogP contribution >= 0.6 is 15.9 Å². The molecular formula is C19H25BrO. The van der Waals surface area contributed by atoms with Gasteiger partial charge >= 0.3 is 0 Å². The summed E-state index contributed by atoms with van der Waals surface area (Å²) in [7, 11) is 1.76. The van der Waals surface area contributed by atoms with Crippen LogP contribution in [0.4, 0.5) is 0 Å². The molecule has 0 aromatic heterocycles. The molecule has 4 bridgehead atoms. The van der Waals surface area contributed by atoms with Gasteiger partial charge in [-0.3, -0.25) is 0 Å². The molecule has 4 aliphatic rings. The van der Waals surface area contributed by atoms with E-state index in [2.05, 4.69) is 41.1 Å². The Hall–Kier alpha value is -0.500. The Morgan fingerprint density at radius 1 is 1.10 bits per heavy atom. The highest BCUT2D eigenvalue weighted by molar-refractivity contribution is 9.09. The van der Waals surface area contributed by atoms with E-state index in [1.165, 1.54) is 49.7 Å². The third-order valence-corrected chi connectivity index (χ3v) is 7.83. The molecule has 0 heterocycles. The van der Waals surface area contributed by atoms with Gasteiger partial charge in [-0.25, -0.2) is 0 Å². The molecule has 2 heteroatoms. The first-order valence-electron chi connectivity index (χ1n) is 8.38. The molecule has 4 fully saturated rings. The Labute approximate surface area is 136 Å². The van der Waals surface area contributed by atoms with Crippen molar-refractivity contribution in [1.82, 2.24) is 0 Å². The lowest BCUT2D eigenvalue weighted by molar-refractivity contribution is -0.0528. The van der Waals surface area contributed by atoms with Crippen LogP contribution in [0, 0.1) is 30.1 Å². The SMILES string of the molecule is COc1ccc(C(Br)C23CC4CC(CC(C4)C2)C3)cc1C. The first-order valence-corrected chi connectivity index (χ1v) is 9.30.